The second kappa shape index (κ2) is 4.75. The highest BCUT2D eigenvalue weighted by atomic mass is 19.1. The van der Waals surface area contributed by atoms with Crippen molar-refractivity contribution in [3.63, 3.8) is 0 Å². The van der Waals surface area contributed by atoms with Gasteiger partial charge in [0.2, 0.25) is 0 Å². The maximum Gasteiger partial charge on any atom is 0.123 e. The molecular weight excluding hydrogens is 219 g/mol. The molecule has 1 aromatic carbocycles. The molecule has 0 bridgehead atoms. The van der Waals surface area contributed by atoms with E-state index < -0.39 is 0 Å². The van der Waals surface area contributed by atoms with Crippen LogP contribution in [0, 0.1) is 18.2 Å². The molecule has 0 spiro atoms. The first-order valence-electron chi connectivity index (χ1n) is 6.05. The summed E-state index contributed by atoms with van der Waals surface area (Å²) in [5, 5.41) is 9.63. The Morgan fingerprint density at radius 2 is 2.29 bits per heavy atom. The van der Waals surface area contributed by atoms with Gasteiger partial charge in [-0.25, -0.2) is 4.39 Å². The molecule has 1 heterocycles. The molecule has 1 fully saturated rings. The molecule has 0 saturated carbocycles. The number of halogens is 1. The van der Waals surface area contributed by atoms with E-state index in [1.165, 1.54) is 6.07 Å². The Morgan fingerprint density at radius 1 is 1.53 bits per heavy atom. The van der Waals surface area contributed by atoms with E-state index in [9.17, 15) is 9.50 Å². The van der Waals surface area contributed by atoms with Gasteiger partial charge in [0.25, 0.3) is 0 Å². The Labute approximate surface area is 101 Å². The van der Waals surface area contributed by atoms with Crippen LogP contribution in [0.3, 0.4) is 0 Å². The van der Waals surface area contributed by atoms with Gasteiger partial charge in [0.1, 0.15) is 5.82 Å². The molecule has 1 aromatic rings. The minimum absolute atomic E-state index is 0.0233. The predicted molar refractivity (Wildman–Crippen MR) is 64.4 cm³/mol. The summed E-state index contributed by atoms with van der Waals surface area (Å²) in [6.45, 7) is 4.72. The monoisotopic (exact) mass is 238 g/mol. The van der Waals surface area contributed by atoms with Crippen molar-refractivity contribution < 1.29 is 14.2 Å². The molecule has 2 unspecified atom stereocenters. The van der Waals surface area contributed by atoms with Crippen molar-refractivity contribution in [2.45, 2.75) is 32.8 Å². The van der Waals surface area contributed by atoms with Crippen molar-refractivity contribution in [2.75, 3.05) is 13.2 Å². The first kappa shape index (κ1) is 12.5. The van der Waals surface area contributed by atoms with Gasteiger partial charge in [-0.15, -0.1) is 0 Å². The number of hydrogen-bond acceptors (Lipinski definition) is 2. The number of aliphatic hydroxyl groups excluding tert-OH is 1. The molecule has 0 amide bonds. The highest BCUT2D eigenvalue weighted by Gasteiger charge is 2.41. The SMILES string of the molecule is Cc1ccc(F)cc1CC1(CO)CCOC1C. The van der Waals surface area contributed by atoms with Gasteiger partial charge >= 0.3 is 0 Å². The van der Waals surface area contributed by atoms with Gasteiger partial charge in [0.05, 0.1) is 12.7 Å². The number of benzene rings is 1. The topological polar surface area (TPSA) is 29.5 Å². The van der Waals surface area contributed by atoms with Crippen LogP contribution in [0.15, 0.2) is 18.2 Å². The summed E-state index contributed by atoms with van der Waals surface area (Å²) in [6.07, 6.45) is 1.53. The molecule has 1 N–H and O–H groups in total. The number of aliphatic hydroxyl groups is 1. The van der Waals surface area contributed by atoms with E-state index in [0.29, 0.717) is 13.0 Å². The fraction of sp³-hybridized carbons (Fsp3) is 0.571. The summed E-state index contributed by atoms with van der Waals surface area (Å²) in [5.74, 6) is -0.217. The van der Waals surface area contributed by atoms with E-state index in [0.717, 1.165) is 17.5 Å². The number of ether oxygens (including phenoxy) is 1. The van der Waals surface area contributed by atoms with Crippen LogP contribution >= 0.6 is 0 Å². The quantitative estimate of drug-likeness (QED) is 0.876. The van der Waals surface area contributed by atoms with Gasteiger partial charge in [-0.2, -0.15) is 0 Å². The summed E-state index contributed by atoms with van der Waals surface area (Å²) in [4.78, 5) is 0. The third-order valence-corrected chi connectivity index (χ3v) is 4.00. The summed E-state index contributed by atoms with van der Waals surface area (Å²) < 4.78 is 18.8. The van der Waals surface area contributed by atoms with E-state index in [1.54, 1.807) is 12.1 Å². The molecule has 3 heteroatoms. The number of rotatable bonds is 3. The summed E-state index contributed by atoms with van der Waals surface area (Å²) in [7, 11) is 0. The molecule has 2 rings (SSSR count). The zero-order chi connectivity index (χ0) is 12.5. The normalized spacial score (nSPS) is 28.6. The second-order valence-corrected chi connectivity index (χ2v) is 5.03. The first-order chi connectivity index (χ1) is 8.07. The van der Waals surface area contributed by atoms with E-state index in [-0.39, 0.29) is 23.9 Å². The van der Waals surface area contributed by atoms with Crippen LogP contribution in [0.5, 0.6) is 0 Å². The summed E-state index contributed by atoms with van der Waals surface area (Å²) in [5.41, 5.74) is 1.79. The van der Waals surface area contributed by atoms with E-state index in [1.807, 2.05) is 13.8 Å². The number of hydrogen-bond donors (Lipinski definition) is 1. The molecule has 0 aromatic heterocycles. The maximum atomic E-state index is 13.3. The van der Waals surface area contributed by atoms with Gasteiger partial charge in [-0.3, -0.25) is 0 Å². The Balaban J connectivity index is 2.27. The Bertz CT molecular complexity index is 405. The Hall–Kier alpha value is -0.930. The molecule has 1 saturated heterocycles. The first-order valence-corrected chi connectivity index (χ1v) is 6.05. The van der Waals surface area contributed by atoms with Crippen molar-refractivity contribution >= 4 is 0 Å². The van der Waals surface area contributed by atoms with Crippen molar-refractivity contribution in [1.82, 2.24) is 0 Å². The molecule has 2 nitrogen and oxygen atoms in total. The van der Waals surface area contributed by atoms with Crippen LogP contribution in [0.25, 0.3) is 0 Å². The van der Waals surface area contributed by atoms with Crippen LogP contribution in [0.4, 0.5) is 4.39 Å². The molecule has 1 aliphatic rings. The molecule has 1 aliphatic heterocycles. The van der Waals surface area contributed by atoms with Crippen molar-refractivity contribution in [3.05, 3.63) is 35.1 Å². The summed E-state index contributed by atoms with van der Waals surface area (Å²) in [6, 6.07) is 4.83. The lowest BCUT2D eigenvalue weighted by atomic mass is 9.76. The Kier molecular flexibility index (Phi) is 3.50. The second-order valence-electron chi connectivity index (χ2n) is 5.03. The third-order valence-electron chi connectivity index (χ3n) is 4.00. The average molecular weight is 238 g/mol. The highest BCUT2D eigenvalue weighted by Crippen LogP contribution is 2.38. The lowest BCUT2D eigenvalue weighted by Gasteiger charge is -2.30. The smallest absolute Gasteiger partial charge is 0.123 e. The minimum atomic E-state index is -0.251. The predicted octanol–water partition coefficient (Wildman–Crippen LogP) is 2.46. The van der Waals surface area contributed by atoms with Gasteiger partial charge in [-0.05, 0) is 49.9 Å². The van der Waals surface area contributed by atoms with E-state index in [4.69, 9.17) is 4.74 Å². The zero-order valence-corrected chi connectivity index (χ0v) is 10.4. The molecule has 0 radical (unpaired) electrons. The molecule has 0 aliphatic carbocycles. The Morgan fingerprint density at radius 3 is 2.88 bits per heavy atom. The zero-order valence-electron chi connectivity index (χ0n) is 10.4. The fourth-order valence-corrected chi connectivity index (χ4v) is 2.52. The largest absolute Gasteiger partial charge is 0.396 e. The van der Waals surface area contributed by atoms with Crippen LogP contribution in [-0.4, -0.2) is 24.4 Å². The maximum absolute atomic E-state index is 13.3. The average Bonchev–Trinajstić information content (AvgIpc) is 2.66. The van der Waals surface area contributed by atoms with E-state index >= 15 is 0 Å². The standard InChI is InChI=1S/C14H19FO2/c1-10-3-4-13(15)7-12(10)8-14(9-16)5-6-17-11(14)2/h3-4,7,11,16H,5-6,8-9H2,1-2H3. The molecule has 2 atom stereocenters. The highest BCUT2D eigenvalue weighted by molar-refractivity contribution is 5.28. The molecular formula is C14H19FO2. The van der Waals surface area contributed by atoms with Gasteiger partial charge in [-0.1, -0.05) is 6.07 Å². The lowest BCUT2D eigenvalue weighted by molar-refractivity contribution is 0.0271. The van der Waals surface area contributed by atoms with Crippen molar-refractivity contribution in [1.29, 1.82) is 0 Å². The number of aryl methyl sites for hydroxylation is 1. The third kappa shape index (κ3) is 2.35. The fourth-order valence-electron chi connectivity index (χ4n) is 2.52. The van der Waals surface area contributed by atoms with Gasteiger partial charge in [0, 0.05) is 12.0 Å². The molecule has 17 heavy (non-hydrogen) atoms. The van der Waals surface area contributed by atoms with Gasteiger partial charge < -0.3 is 9.84 Å². The lowest BCUT2D eigenvalue weighted by Crippen LogP contribution is -2.35. The minimum Gasteiger partial charge on any atom is -0.396 e. The van der Waals surface area contributed by atoms with Crippen LogP contribution in [0.1, 0.15) is 24.5 Å². The van der Waals surface area contributed by atoms with Crippen molar-refractivity contribution in [3.8, 4) is 0 Å². The van der Waals surface area contributed by atoms with Crippen molar-refractivity contribution in [2.24, 2.45) is 5.41 Å². The van der Waals surface area contributed by atoms with Crippen LogP contribution in [0.2, 0.25) is 0 Å². The molecule has 94 valence electrons. The van der Waals surface area contributed by atoms with Gasteiger partial charge in [0.15, 0.2) is 0 Å². The summed E-state index contributed by atoms with van der Waals surface area (Å²) >= 11 is 0. The van der Waals surface area contributed by atoms with E-state index in [2.05, 4.69) is 0 Å². The van der Waals surface area contributed by atoms with Crippen LogP contribution < -0.4 is 0 Å². The van der Waals surface area contributed by atoms with Crippen LogP contribution in [-0.2, 0) is 11.2 Å².